The van der Waals surface area contributed by atoms with Crippen molar-refractivity contribution in [3.8, 4) is 0 Å². The highest BCUT2D eigenvalue weighted by molar-refractivity contribution is 7.44. The van der Waals surface area contributed by atoms with Gasteiger partial charge >= 0.3 is 5.97 Å². The van der Waals surface area contributed by atoms with Crippen molar-refractivity contribution in [1.82, 2.24) is 0 Å². The van der Waals surface area contributed by atoms with Gasteiger partial charge in [0.05, 0.1) is 13.2 Å². The molecule has 0 amide bonds. The van der Waals surface area contributed by atoms with E-state index in [1.54, 1.807) is 13.8 Å². The Morgan fingerprint density at radius 1 is 1.29 bits per heavy atom. The van der Waals surface area contributed by atoms with Gasteiger partial charge in [0.1, 0.15) is 11.7 Å². The molecule has 0 fully saturated rings. The van der Waals surface area contributed by atoms with Crippen LogP contribution >= 0.6 is 8.00 Å². The molecule has 0 radical (unpaired) electrons. The first-order valence-electron chi connectivity index (χ1n) is 7.32. The Hall–Kier alpha value is -1.22. The number of ether oxygens (including phenoxy) is 1. The zero-order valence-electron chi connectivity index (χ0n) is 12.7. The van der Waals surface area contributed by atoms with E-state index < -0.39 is 13.9 Å². The van der Waals surface area contributed by atoms with E-state index in [2.05, 4.69) is 12.1 Å². The summed E-state index contributed by atoms with van der Waals surface area (Å²) >= 11 is 0. The largest absolute Gasteiger partial charge is 0.603 e. The maximum absolute atomic E-state index is 11.9. The zero-order chi connectivity index (χ0) is 15.5. The summed E-state index contributed by atoms with van der Waals surface area (Å²) in [5, 5.41) is 0. The third-order valence-electron chi connectivity index (χ3n) is 2.97. The monoisotopic (exact) mass is 310 g/mol. The number of benzene rings is 1. The topological polar surface area (TPSA) is 58.6 Å². The van der Waals surface area contributed by atoms with Crippen molar-refractivity contribution in [3.63, 3.8) is 0 Å². The minimum absolute atomic E-state index is 0.325. The van der Waals surface area contributed by atoms with Crippen LogP contribution in [-0.2, 0) is 20.5 Å². The molecule has 0 spiro atoms. The molecule has 0 aliphatic heterocycles. The van der Waals surface area contributed by atoms with Crippen LogP contribution in [0.3, 0.4) is 0 Å². The molecule has 4 nitrogen and oxygen atoms in total. The third kappa shape index (κ3) is 7.37. The summed E-state index contributed by atoms with van der Waals surface area (Å²) in [4.78, 5) is 23.5. The van der Waals surface area contributed by atoms with Crippen LogP contribution in [0.15, 0.2) is 30.3 Å². The first kappa shape index (κ1) is 17.8. The van der Waals surface area contributed by atoms with Gasteiger partial charge in [-0.25, -0.2) is 0 Å². The van der Waals surface area contributed by atoms with E-state index in [9.17, 15) is 9.69 Å². The minimum Gasteiger partial charge on any atom is -0.603 e. The second-order valence-electron chi connectivity index (χ2n) is 4.59. The van der Waals surface area contributed by atoms with Crippen molar-refractivity contribution < 1.29 is 18.9 Å². The fourth-order valence-corrected chi connectivity index (χ4v) is 2.90. The quantitative estimate of drug-likeness (QED) is 0.520. The molecule has 0 N–H and O–H groups in total. The Morgan fingerprint density at radius 3 is 2.62 bits per heavy atom. The van der Waals surface area contributed by atoms with Gasteiger partial charge in [-0.3, -0.25) is 4.79 Å². The Labute approximate surface area is 127 Å². The molecule has 5 heteroatoms. The Bertz CT molecular complexity index is 445. The molecule has 2 atom stereocenters. The Morgan fingerprint density at radius 2 is 2.00 bits per heavy atom. The lowest BCUT2D eigenvalue weighted by Crippen LogP contribution is -2.20. The SMILES string of the molecule is CCOC(=O)C(C=[P+]([O-])OCC)CCCc1ccccc1. The lowest BCUT2D eigenvalue weighted by Gasteiger charge is -2.10. The van der Waals surface area contributed by atoms with Crippen LogP contribution < -0.4 is 4.89 Å². The molecule has 1 aromatic rings. The fourth-order valence-electron chi connectivity index (χ4n) is 1.99. The summed E-state index contributed by atoms with van der Waals surface area (Å²) in [5.41, 5.74) is 1.23. The van der Waals surface area contributed by atoms with Crippen molar-refractivity contribution >= 4 is 19.8 Å². The van der Waals surface area contributed by atoms with E-state index in [-0.39, 0.29) is 5.97 Å². The Balaban J connectivity index is 2.56. The molecule has 0 bridgehead atoms. The predicted octanol–water partition coefficient (Wildman–Crippen LogP) is 2.70. The normalized spacial score (nSPS) is 13.0. The van der Waals surface area contributed by atoms with Crippen LogP contribution in [0, 0.1) is 5.92 Å². The first-order chi connectivity index (χ1) is 10.2. The number of aryl methyl sites for hydroxylation is 1. The van der Waals surface area contributed by atoms with E-state index >= 15 is 0 Å². The summed E-state index contributed by atoms with van der Waals surface area (Å²) in [6, 6.07) is 10.1. The van der Waals surface area contributed by atoms with Crippen molar-refractivity contribution in [1.29, 1.82) is 0 Å². The molecule has 0 saturated heterocycles. The number of carbonyl (C=O) groups excluding carboxylic acids is 1. The molecule has 1 aromatic carbocycles. The summed E-state index contributed by atoms with van der Waals surface area (Å²) in [6.07, 6.45) is 2.33. The second-order valence-corrected chi connectivity index (χ2v) is 5.72. The number of esters is 1. The van der Waals surface area contributed by atoms with Crippen LogP contribution in [0.4, 0.5) is 0 Å². The minimum atomic E-state index is -1.91. The molecular formula is C16H23O4P. The van der Waals surface area contributed by atoms with Crippen LogP contribution in [0.25, 0.3) is 0 Å². The number of carbonyl (C=O) groups is 1. The van der Waals surface area contributed by atoms with Crippen LogP contribution in [0.2, 0.25) is 0 Å². The highest BCUT2D eigenvalue weighted by atomic mass is 31.1. The molecule has 116 valence electrons. The smallest absolute Gasteiger partial charge is 0.316 e. The number of hydrogen-bond donors (Lipinski definition) is 0. The zero-order valence-corrected chi connectivity index (χ0v) is 13.6. The highest BCUT2D eigenvalue weighted by Crippen LogP contribution is 2.18. The molecule has 2 unspecified atom stereocenters. The van der Waals surface area contributed by atoms with Crippen molar-refractivity contribution in [2.45, 2.75) is 33.1 Å². The molecule has 0 aromatic heterocycles. The van der Waals surface area contributed by atoms with Gasteiger partial charge in [0.2, 0.25) is 8.00 Å². The van der Waals surface area contributed by atoms with Crippen LogP contribution in [-0.4, -0.2) is 25.0 Å². The van der Waals surface area contributed by atoms with Crippen LogP contribution in [0.1, 0.15) is 32.3 Å². The fraction of sp³-hybridized carbons (Fsp3) is 0.500. The molecular weight excluding hydrogens is 287 g/mol. The first-order valence-corrected chi connectivity index (χ1v) is 8.56. The standard InChI is InChI=1S/C16H23O4P/c1-3-19-16(17)15(13-21(18)20-4-2)12-8-11-14-9-6-5-7-10-14/h5-7,9-10,13,15H,3-4,8,11-12H2,1-2H3. The van der Waals surface area contributed by atoms with Gasteiger partial charge in [0.25, 0.3) is 0 Å². The van der Waals surface area contributed by atoms with Gasteiger partial charge in [-0.05, 0) is 38.7 Å². The molecule has 0 aliphatic rings. The third-order valence-corrected chi connectivity index (χ3v) is 4.09. The van der Waals surface area contributed by atoms with E-state index in [0.717, 1.165) is 12.8 Å². The summed E-state index contributed by atoms with van der Waals surface area (Å²) in [5.74, 6) is 0.680. The van der Waals surface area contributed by atoms with E-state index in [1.165, 1.54) is 11.4 Å². The van der Waals surface area contributed by atoms with E-state index in [1.807, 2.05) is 18.2 Å². The lowest BCUT2D eigenvalue weighted by atomic mass is 10.0. The highest BCUT2D eigenvalue weighted by Gasteiger charge is 2.21. The average Bonchev–Trinajstić information content (AvgIpc) is 2.48. The van der Waals surface area contributed by atoms with Gasteiger partial charge in [-0.1, -0.05) is 30.3 Å². The predicted molar refractivity (Wildman–Crippen MR) is 84.1 cm³/mol. The van der Waals surface area contributed by atoms with Gasteiger partial charge in [0.15, 0.2) is 0 Å². The number of rotatable bonds is 9. The summed E-state index contributed by atoms with van der Waals surface area (Å²) in [6.45, 7) is 4.23. The van der Waals surface area contributed by atoms with Gasteiger partial charge in [-0.2, -0.15) is 4.52 Å². The van der Waals surface area contributed by atoms with Crippen molar-refractivity contribution in [3.05, 3.63) is 35.9 Å². The average molecular weight is 310 g/mol. The van der Waals surface area contributed by atoms with Gasteiger partial charge in [0, 0.05) is 0 Å². The van der Waals surface area contributed by atoms with Crippen LogP contribution in [0.5, 0.6) is 0 Å². The molecule has 0 saturated carbocycles. The van der Waals surface area contributed by atoms with Gasteiger partial charge < -0.3 is 9.63 Å². The molecule has 0 aliphatic carbocycles. The molecule has 0 heterocycles. The lowest BCUT2D eigenvalue weighted by molar-refractivity contribution is -0.172. The maximum atomic E-state index is 11.9. The maximum Gasteiger partial charge on any atom is 0.316 e. The van der Waals surface area contributed by atoms with E-state index in [0.29, 0.717) is 19.6 Å². The van der Waals surface area contributed by atoms with Crippen molar-refractivity contribution in [2.24, 2.45) is 5.92 Å². The summed E-state index contributed by atoms with van der Waals surface area (Å²) in [7, 11) is -1.91. The van der Waals surface area contributed by atoms with E-state index in [4.69, 9.17) is 9.26 Å². The Kier molecular flexibility index (Phi) is 8.91. The van der Waals surface area contributed by atoms with Crippen molar-refractivity contribution in [2.75, 3.05) is 13.2 Å². The second kappa shape index (κ2) is 10.5. The number of hydrogen-bond acceptors (Lipinski definition) is 4. The molecule has 21 heavy (non-hydrogen) atoms. The summed E-state index contributed by atoms with van der Waals surface area (Å²) < 4.78 is 10.0. The van der Waals surface area contributed by atoms with Gasteiger partial charge in [-0.15, -0.1) is 0 Å². The molecule has 1 rings (SSSR count).